The van der Waals surface area contributed by atoms with Gasteiger partial charge in [-0.25, -0.2) is 0 Å². The van der Waals surface area contributed by atoms with Gasteiger partial charge in [-0.1, -0.05) is 43.7 Å². The van der Waals surface area contributed by atoms with Crippen LogP contribution in [0.25, 0.3) is 10.1 Å². The lowest BCUT2D eigenvalue weighted by atomic mass is 10.1. The zero-order chi connectivity index (χ0) is 14.7. The Labute approximate surface area is 130 Å². The van der Waals surface area contributed by atoms with Gasteiger partial charge in [-0.3, -0.25) is 0 Å². The van der Waals surface area contributed by atoms with Crippen LogP contribution in [0.4, 0.5) is 5.69 Å². The molecule has 0 aliphatic carbocycles. The molecule has 0 fully saturated rings. The fraction of sp³-hybridized carbons (Fsp3) is 0.263. The van der Waals surface area contributed by atoms with E-state index in [-0.39, 0.29) is 0 Å². The van der Waals surface area contributed by atoms with Gasteiger partial charge in [-0.15, -0.1) is 11.3 Å². The van der Waals surface area contributed by atoms with Crippen molar-refractivity contribution in [2.45, 2.75) is 32.7 Å². The van der Waals surface area contributed by atoms with Crippen molar-refractivity contribution >= 4 is 27.1 Å². The number of aryl methyl sites for hydroxylation is 1. The molecular formula is C19H21NS. The number of rotatable bonds is 5. The van der Waals surface area contributed by atoms with Gasteiger partial charge in [0.25, 0.3) is 0 Å². The maximum absolute atomic E-state index is 3.60. The Morgan fingerprint density at radius 1 is 1.05 bits per heavy atom. The molecule has 1 heterocycles. The van der Waals surface area contributed by atoms with Crippen molar-refractivity contribution < 1.29 is 0 Å². The van der Waals surface area contributed by atoms with Crippen LogP contribution in [0.3, 0.4) is 0 Å². The molecule has 1 nitrogen and oxygen atoms in total. The Morgan fingerprint density at radius 3 is 2.52 bits per heavy atom. The molecule has 0 amide bonds. The highest BCUT2D eigenvalue weighted by Crippen LogP contribution is 2.31. The summed E-state index contributed by atoms with van der Waals surface area (Å²) in [6, 6.07) is 20.0. The third-order valence-electron chi connectivity index (χ3n) is 3.75. The Kier molecular flexibility index (Phi) is 4.26. The summed E-state index contributed by atoms with van der Waals surface area (Å²) in [6.45, 7) is 4.44. The van der Waals surface area contributed by atoms with E-state index in [1.165, 1.54) is 32.6 Å². The number of thiophene rings is 1. The third-order valence-corrected chi connectivity index (χ3v) is 5.05. The number of fused-ring (bicyclic) bond motifs is 1. The maximum atomic E-state index is 3.60. The quantitative estimate of drug-likeness (QED) is 0.606. The molecule has 0 saturated heterocycles. The van der Waals surface area contributed by atoms with Crippen LogP contribution in [0, 0.1) is 0 Å². The number of nitrogens with one attached hydrogen (secondary N) is 1. The number of benzene rings is 2. The first kappa shape index (κ1) is 14.2. The minimum absolute atomic E-state index is 0.333. The van der Waals surface area contributed by atoms with E-state index in [2.05, 4.69) is 73.8 Å². The van der Waals surface area contributed by atoms with Gasteiger partial charge in [0, 0.05) is 15.3 Å². The molecular weight excluding hydrogens is 274 g/mol. The third kappa shape index (κ3) is 3.27. The molecule has 1 unspecified atom stereocenters. The zero-order valence-corrected chi connectivity index (χ0v) is 13.4. The smallest absolute Gasteiger partial charge is 0.0578 e. The van der Waals surface area contributed by atoms with Crippen LogP contribution in [0.2, 0.25) is 0 Å². The summed E-state index contributed by atoms with van der Waals surface area (Å²) in [4.78, 5) is 1.38. The fourth-order valence-corrected chi connectivity index (χ4v) is 3.66. The highest BCUT2D eigenvalue weighted by atomic mass is 32.1. The topological polar surface area (TPSA) is 12.0 Å². The summed E-state index contributed by atoms with van der Waals surface area (Å²) in [5, 5.41) is 4.94. The van der Waals surface area contributed by atoms with E-state index in [0.29, 0.717) is 6.04 Å². The molecule has 0 saturated carbocycles. The second-order valence-corrected chi connectivity index (χ2v) is 6.61. The van der Waals surface area contributed by atoms with E-state index in [1.54, 1.807) is 0 Å². The molecule has 21 heavy (non-hydrogen) atoms. The Morgan fingerprint density at radius 2 is 1.81 bits per heavy atom. The molecule has 3 aromatic rings. The summed E-state index contributed by atoms with van der Waals surface area (Å²) < 4.78 is 1.36. The van der Waals surface area contributed by atoms with Crippen LogP contribution in [-0.4, -0.2) is 0 Å². The second kappa shape index (κ2) is 6.31. The van der Waals surface area contributed by atoms with Crippen molar-refractivity contribution in [2.75, 3.05) is 5.32 Å². The normalized spacial score (nSPS) is 12.5. The summed E-state index contributed by atoms with van der Waals surface area (Å²) in [6.07, 6.45) is 2.36. The minimum atomic E-state index is 0.333. The first-order valence-electron chi connectivity index (χ1n) is 7.60. The molecule has 1 aromatic heterocycles. The lowest BCUT2D eigenvalue weighted by Gasteiger charge is -2.14. The van der Waals surface area contributed by atoms with Crippen molar-refractivity contribution in [1.29, 1.82) is 0 Å². The average molecular weight is 295 g/mol. The van der Waals surface area contributed by atoms with Crippen LogP contribution in [-0.2, 0) is 6.42 Å². The van der Waals surface area contributed by atoms with Crippen LogP contribution in [0.15, 0.2) is 54.6 Å². The molecule has 2 heteroatoms. The molecule has 0 radical (unpaired) electrons. The summed E-state index contributed by atoms with van der Waals surface area (Å²) in [5.74, 6) is 0. The van der Waals surface area contributed by atoms with Crippen LogP contribution in [0.1, 0.15) is 36.8 Å². The largest absolute Gasteiger partial charge is 0.378 e. The van der Waals surface area contributed by atoms with Crippen molar-refractivity contribution in [3.05, 3.63) is 65.0 Å². The predicted molar refractivity (Wildman–Crippen MR) is 94.3 cm³/mol. The van der Waals surface area contributed by atoms with Crippen molar-refractivity contribution in [3.8, 4) is 0 Å². The number of hydrogen-bond donors (Lipinski definition) is 1. The average Bonchev–Trinajstić information content (AvgIpc) is 2.94. The van der Waals surface area contributed by atoms with Crippen molar-refractivity contribution in [3.63, 3.8) is 0 Å². The molecule has 0 spiro atoms. The predicted octanol–water partition coefficient (Wildman–Crippen LogP) is 6.03. The first-order chi connectivity index (χ1) is 10.3. The van der Waals surface area contributed by atoms with E-state index < -0.39 is 0 Å². The van der Waals surface area contributed by atoms with E-state index in [9.17, 15) is 0 Å². The molecule has 3 rings (SSSR count). The lowest BCUT2D eigenvalue weighted by molar-refractivity contribution is 0.904. The Balaban J connectivity index is 1.74. The van der Waals surface area contributed by atoms with Gasteiger partial charge in [-0.2, -0.15) is 0 Å². The van der Waals surface area contributed by atoms with Crippen LogP contribution >= 0.6 is 11.3 Å². The second-order valence-electron chi connectivity index (χ2n) is 5.50. The molecule has 108 valence electrons. The van der Waals surface area contributed by atoms with Gasteiger partial charge in [0.2, 0.25) is 0 Å². The summed E-state index contributed by atoms with van der Waals surface area (Å²) in [5.41, 5.74) is 2.61. The van der Waals surface area contributed by atoms with E-state index in [1.807, 2.05) is 11.3 Å². The highest BCUT2D eigenvalue weighted by molar-refractivity contribution is 7.19. The molecule has 0 aliphatic rings. The van der Waals surface area contributed by atoms with Crippen molar-refractivity contribution in [1.82, 2.24) is 0 Å². The minimum Gasteiger partial charge on any atom is -0.378 e. The van der Waals surface area contributed by atoms with E-state index in [0.717, 1.165) is 6.42 Å². The zero-order valence-electron chi connectivity index (χ0n) is 12.6. The maximum Gasteiger partial charge on any atom is 0.0578 e. The van der Waals surface area contributed by atoms with E-state index >= 15 is 0 Å². The van der Waals surface area contributed by atoms with Gasteiger partial charge in [0.05, 0.1) is 6.04 Å². The van der Waals surface area contributed by atoms with Gasteiger partial charge in [0.1, 0.15) is 0 Å². The van der Waals surface area contributed by atoms with Gasteiger partial charge >= 0.3 is 0 Å². The number of anilines is 1. The molecule has 1 atom stereocenters. The number of hydrogen-bond acceptors (Lipinski definition) is 2. The summed E-state index contributed by atoms with van der Waals surface area (Å²) in [7, 11) is 0. The van der Waals surface area contributed by atoms with Crippen molar-refractivity contribution in [2.24, 2.45) is 0 Å². The highest BCUT2D eigenvalue weighted by Gasteiger charge is 2.09. The molecule has 2 aromatic carbocycles. The monoisotopic (exact) mass is 295 g/mol. The first-order valence-corrected chi connectivity index (χ1v) is 8.42. The van der Waals surface area contributed by atoms with Gasteiger partial charge in [-0.05, 0) is 48.6 Å². The fourth-order valence-electron chi connectivity index (χ4n) is 2.59. The van der Waals surface area contributed by atoms with Crippen LogP contribution < -0.4 is 5.32 Å². The Bertz CT molecular complexity index is 679. The van der Waals surface area contributed by atoms with Gasteiger partial charge in [0.15, 0.2) is 0 Å². The molecule has 0 bridgehead atoms. The standard InChI is InChI=1S/C19H21NS/c1-3-6-15-9-11-17(12-10-15)20-14(2)19-13-16-7-4-5-8-18(16)21-19/h4-5,7-14,20H,3,6H2,1-2H3. The lowest BCUT2D eigenvalue weighted by Crippen LogP contribution is -2.04. The summed E-state index contributed by atoms with van der Waals surface area (Å²) >= 11 is 1.87. The SMILES string of the molecule is CCCc1ccc(NC(C)c2cc3ccccc3s2)cc1. The van der Waals surface area contributed by atoms with Crippen LogP contribution in [0.5, 0.6) is 0 Å². The molecule has 0 aliphatic heterocycles. The van der Waals surface area contributed by atoms with E-state index in [4.69, 9.17) is 0 Å². The van der Waals surface area contributed by atoms with Gasteiger partial charge < -0.3 is 5.32 Å². The molecule has 1 N–H and O–H groups in total. The Hall–Kier alpha value is -1.80.